The molecule has 0 radical (unpaired) electrons. The smallest absolute Gasteiger partial charge is 0.149 e. The molecule has 0 aliphatic heterocycles. The zero-order chi connectivity index (χ0) is 9.68. The molecule has 1 unspecified atom stereocenters. The molecular weight excluding hydrogens is 188 g/mol. The molecule has 1 aromatic heterocycles. The number of nitrogens with zero attached hydrogens (tertiary/aromatic N) is 2. The molecule has 1 aromatic rings. The van der Waals surface area contributed by atoms with E-state index in [1.165, 1.54) is 6.20 Å². The Labute approximate surface area is 82.5 Å². The summed E-state index contributed by atoms with van der Waals surface area (Å²) >= 11 is 5.65. The molecule has 0 saturated heterocycles. The van der Waals surface area contributed by atoms with E-state index in [1.807, 2.05) is 6.92 Å². The molecule has 4 nitrogen and oxygen atoms in total. The number of hydrogen-bond acceptors (Lipinski definition) is 4. The van der Waals surface area contributed by atoms with Gasteiger partial charge in [0.05, 0.1) is 12.4 Å². The van der Waals surface area contributed by atoms with Crippen molar-refractivity contribution in [3.8, 4) is 0 Å². The number of aromatic nitrogens is 2. The van der Waals surface area contributed by atoms with Crippen molar-refractivity contribution in [2.24, 2.45) is 5.73 Å². The van der Waals surface area contributed by atoms with Crippen molar-refractivity contribution >= 4 is 17.4 Å². The summed E-state index contributed by atoms with van der Waals surface area (Å²) in [6.07, 6.45) is 4.04. The minimum absolute atomic E-state index is 0.140. The van der Waals surface area contributed by atoms with Crippen molar-refractivity contribution in [1.82, 2.24) is 9.97 Å². The molecule has 1 atom stereocenters. The highest BCUT2D eigenvalue weighted by molar-refractivity contribution is 6.29. The molecule has 0 aliphatic rings. The Morgan fingerprint density at radius 3 is 3.00 bits per heavy atom. The van der Waals surface area contributed by atoms with Crippen molar-refractivity contribution in [3.63, 3.8) is 0 Å². The Bertz CT molecular complexity index is 266. The Morgan fingerprint density at radius 2 is 2.38 bits per heavy atom. The first-order valence-electron chi connectivity index (χ1n) is 4.19. The van der Waals surface area contributed by atoms with E-state index in [4.69, 9.17) is 17.3 Å². The number of rotatable bonds is 4. The molecule has 3 N–H and O–H groups in total. The summed E-state index contributed by atoms with van der Waals surface area (Å²) in [5.41, 5.74) is 5.72. The third-order valence-electron chi connectivity index (χ3n) is 1.67. The van der Waals surface area contributed by atoms with E-state index >= 15 is 0 Å². The van der Waals surface area contributed by atoms with Crippen molar-refractivity contribution in [2.45, 2.75) is 19.4 Å². The molecule has 13 heavy (non-hydrogen) atoms. The molecule has 0 amide bonds. The molecular formula is C8H13ClN4. The number of nitrogens with two attached hydrogens (primary N) is 1. The molecule has 5 heteroatoms. The van der Waals surface area contributed by atoms with Crippen LogP contribution in [0.15, 0.2) is 12.4 Å². The molecule has 1 heterocycles. The van der Waals surface area contributed by atoms with Gasteiger partial charge >= 0.3 is 0 Å². The Morgan fingerprint density at radius 1 is 1.62 bits per heavy atom. The molecule has 1 rings (SSSR count). The van der Waals surface area contributed by atoms with E-state index in [9.17, 15) is 0 Å². The van der Waals surface area contributed by atoms with Crippen LogP contribution in [0.2, 0.25) is 5.15 Å². The predicted octanol–water partition coefficient (Wildman–Crippen LogP) is 1.28. The van der Waals surface area contributed by atoms with Gasteiger partial charge in [0.2, 0.25) is 0 Å². The van der Waals surface area contributed by atoms with Crippen LogP contribution in [0.25, 0.3) is 0 Å². The van der Waals surface area contributed by atoms with Crippen molar-refractivity contribution in [2.75, 3.05) is 11.9 Å². The van der Waals surface area contributed by atoms with Crippen molar-refractivity contribution < 1.29 is 0 Å². The number of anilines is 1. The number of hydrogen-bond donors (Lipinski definition) is 2. The molecule has 0 aliphatic carbocycles. The fraction of sp³-hybridized carbons (Fsp3) is 0.500. The van der Waals surface area contributed by atoms with Crippen LogP contribution >= 0.6 is 11.6 Å². The standard InChI is InChI=1S/C8H13ClN4/c1-2-6(10)3-12-8-5-11-4-7(9)13-8/h4-6H,2-3,10H2,1H3,(H,12,13). The Kier molecular flexibility index (Phi) is 3.92. The Balaban J connectivity index is 2.45. The number of nitrogens with one attached hydrogen (secondary N) is 1. The van der Waals surface area contributed by atoms with Crippen LogP contribution in [0.1, 0.15) is 13.3 Å². The molecule has 0 spiro atoms. The highest BCUT2D eigenvalue weighted by atomic mass is 35.5. The summed E-state index contributed by atoms with van der Waals surface area (Å²) in [5, 5.41) is 3.44. The second-order valence-corrected chi connectivity index (χ2v) is 3.16. The quantitative estimate of drug-likeness (QED) is 0.769. The lowest BCUT2D eigenvalue weighted by atomic mass is 10.2. The van der Waals surface area contributed by atoms with Gasteiger partial charge in [-0.1, -0.05) is 18.5 Å². The largest absolute Gasteiger partial charge is 0.367 e. The monoisotopic (exact) mass is 200 g/mol. The van der Waals surface area contributed by atoms with E-state index in [0.29, 0.717) is 17.5 Å². The van der Waals surface area contributed by atoms with E-state index in [-0.39, 0.29) is 6.04 Å². The first-order chi connectivity index (χ1) is 6.22. The molecule has 72 valence electrons. The van der Waals surface area contributed by atoms with Gasteiger partial charge < -0.3 is 11.1 Å². The highest BCUT2D eigenvalue weighted by Crippen LogP contribution is 2.06. The van der Waals surface area contributed by atoms with Crippen LogP contribution in [0.4, 0.5) is 5.82 Å². The predicted molar refractivity (Wildman–Crippen MR) is 53.8 cm³/mol. The number of halogens is 1. The normalized spacial score (nSPS) is 12.5. The lowest BCUT2D eigenvalue weighted by Gasteiger charge is -2.09. The topological polar surface area (TPSA) is 63.8 Å². The fourth-order valence-corrected chi connectivity index (χ4v) is 0.955. The summed E-state index contributed by atoms with van der Waals surface area (Å²) in [4.78, 5) is 7.91. The average Bonchev–Trinajstić information content (AvgIpc) is 2.14. The van der Waals surface area contributed by atoms with Crippen LogP contribution in [0.5, 0.6) is 0 Å². The second kappa shape index (κ2) is 4.99. The van der Waals surface area contributed by atoms with Crippen LogP contribution in [0, 0.1) is 0 Å². The second-order valence-electron chi connectivity index (χ2n) is 2.78. The SMILES string of the molecule is CCC(N)CNc1cncc(Cl)n1. The average molecular weight is 201 g/mol. The third kappa shape index (κ3) is 3.57. The third-order valence-corrected chi connectivity index (χ3v) is 1.86. The van der Waals surface area contributed by atoms with Crippen LogP contribution in [0.3, 0.4) is 0 Å². The first kappa shape index (κ1) is 10.2. The minimum atomic E-state index is 0.140. The van der Waals surface area contributed by atoms with Gasteiger partial charge in [0, 0.05) is 12.6 Å². The maximum absolute atomic E-state index is 5.72. The van der Waals surface area contributed by atoms with Gasteiger partial charge in [-0.05, 0) is 6.42 Å². The Hall–Kier alpha value is -0.870. The summed E-state index contributed by atoms with van der Waals surface area (Å²) in [6, 6.07) is 0.140. The van der Waals surface area contributed by atoms with Crippen LogP contribution in [-0.2, 0) is 0 Å². The minimum Gasteiger partial charge on any atom is -0.367 e. The summed E-state index contributed by atoms with van der Waals surface area (Å²) in [6.45, 7) is 2.72. The van der Waals surface area contributed by atoms with Gasteiger partial charge in [0.25, 0.3) is 0 Å². The molecule has 0 bridgehead atoms. The highest BCUT2D eigenvalue weighted by Gasteiger charge is 1.99. The van der Waals surface area contributed by atoms with Crippen LogP contribution in [-0.4, -0.2) is 22.6 Å². The van der Waals surface area contributed by atoms with Gasteiger partial charge in [-0.15, -0.1) is 0 Å². The van der Waals surface area contributed by atoms with Gasteiger partial charge in [-0.2, -0.15) is 0 Å². The van der Waals surface area contributed by atoms with E-state index in [1.54, 1.807) is 6.20 Å². The summed E-state index contributed by atoms with van der Waals surface area (Å²) in [7, 11) is 0. The van der Waals surface area contributed by atoms with Gasteiger partial charge in [0.1, 0.15) is 11.0 Å². The van der Waals surface area contributed by atoms with Gasteiger partial charge in [-0.25, -0.2) is 4.98 Å². The fourth-order valence-electron chi connectivity index (χ4n) is 0.807. The molecule has 0 fully saturated rings. The maximum atomic E-state index is 5.72. The first-order valence-corrected chi connectivity index (χ1v) is 4.57. The molecule has 0 saturated carbocycles. The van der Waals surface area contributed by atoms with E-state index in [0.717, 1.165) is 6.42 Å². The van der Waals surface area contributed by atoms with Gasteiger partial charge in [0.15, 0.2) is 0 Å². The summed E-state index contributed by atoms with van der Waals surface area (Å²) in [5.74, 6) is 0.663. The molecule has 0 aromatic carbocycles. The zero-order valence-electron chi connectivity index (χ0n) is 7.50. The van der Waals surface area contributed by atoms with Crippen molar-refractivity contribution in [3.05, 3.63) is 17.5 Å². The lowest BCUT2D eigenvalue weighted by molar-refractivity contribution is 0.677. The zero-order valence-corrected chi connectivity index (χ0v) is 8.25. The van der Waals surface area contributed by atoms with E-state index < -0.39 is 0 Å². The van der Waals surface area contributed by atoms with E-state index in [2.05, 4.69) is 15.3 Å². The van der Waals surface area contributed by atoms with Crippen LogP contribution < -0.4 is 11.1 Å². The van der Waals surface area contributed by atoms with Gasteiger partial charge in [-0.3, -0.25) is 4.98 Å². The van der Waals surface area contributed by atoms with Crippen molar-refractivity contribution in [1.29, 1.82) is 0 Å². The lowest BCUT2D eigenvalue weighted by Crippen LogP contribution is -2.28. The summed E-state index contributed by atoms with van der Waals surface area (Å²) < 4.78 is 0. The maximum Gasteiger partial charge on any atom is 0.149 e.